The van der Waals surface area contributed by atoms with E-state index in [-0.39, 0.29) is 12.8 Å². The lowest BCUT2D eigenvalue weighted by molar-refractivity contribution is -0.144. The highest BCUT2D eigenvalue weighted by Crippen LogP contribution is 2.21. The number of carbonyl (C=O) groups is 5. The molecule has 2 heterocycles. The minimum Gasteiger partial charge on any atom is -0.481 e. The zero-order valence-corrected chi connectivity index (χ0v) is 22.3. The van der Waals surface area contributed by atoms with Crippen LogP contribution in [0.1, 0.15) is 30.4 Å². The first-order valence-corrected chi connectivity index (χ1v) is 13.3. The van der Waals surface area contributed by atoms with Crippen LogP contribution in [0.2, 0.25) is 0 Å². The highest BCUT2D eigenvalue weighted by molar-refractivity contribution is 5.96. The Morgan fingerprint density at radius 3 is 2.37 bits per heavy atom. The van der Waals surface area contributed by atoms with E-state index in [1.54, 1.807) is 12.3 Å². The molecule has 0 radical (unpaired) electrons. The van der Waals surface area contributed by atoms with E-state index < -0.39 is 60.2 Å². The Balaban J connectivity index is 1.43. The fraction of sp³-hybridized carbons (Fsp3) is 0.345. The van der Waals surface area contributed by atoms with Gasteiger partial charge in [-0.25, -0.2) is 4.79 Å². The number of likely N-dealkylation sites (tertiary alicyclic amines) is 1. The summed E-state index contributed by atoms with van der Waals surface area (Å²) in [6.45, 7) is 0.293. The van der Waals surface area contributed by atoms with Crippen molar-refractivity contribution in [2.24, 2.45) is 5.73 Å². The lowest BCUT2D eigenvalue weighted by atomic mass is 10.0. The maximum atomic E-state index is 13.2. The molecular formula is C29H33N5O7. The number of hydrogen-bond acceptors (Lipinski definition) is 6. The molecule has 1 saturated heterocycles. The van der Waals surface area contributed by atoms with E-state index in [2.05, 4.69) is 15.6 Å². The number of carboxylic acids is 2. The molecule has 0 bridgehead atoms. The molecule has 4 unspecified atom stereocenters. The van der Waals surface area contributed by atoms with Gasteiger partial charge in [-0.1, -0.05) is 48.5 Å². The molecule has 0 aliphatic carbocycles. The molecule has 1 aliphatic rings. The third-order valence-electron chi connectivity index (χ3n) is 7.18. The van der Waals surface area contributed by atoms with Gasteiger partial charge in [0.2, 0.25) is 17.7 Å². The Hall–Kier alpha value is -4.71. The van der Waals surface area contributed by atoms with E-state index in [0.717, 1.165) is 16.5 Å². The highest BCUT2D eigenvalue weighted by Gasteiger charge is 2.38. The molecule has 12 nitrogen and oxygen atoms in total. The number of fused-ring (bicyclic) bond motifs is 1. The third kappa shape index (κ3) is 7.28. The molecule has 3 aromatic rings. The number of nitrogens with zero attached hydrogens (tertiary/aromatic N) is 1. The average molecular weight is 564 g/mol. The van der Waals surface area contributed by atoms with Crippen molar-refractivity contribution in [1.29, 1.82) is 0 Å². The summed E-state index contributed by atoms with van der Waals surface area (Å²) in [5.41, 5.74) is 8.48. The van der Waals surface area contributed by atoms with Gasteiger partial charge in [-0.3, -0.25) is 19.2 Å². The molecule has 1 aliphatic heterocycles. The monoisotopic (exact) mass is 563 g/mol. The van der Waals surface area contributed by atoms with Crippen molar-refractivity contribution < 1.29 is 34.2 Å². The average Bonchev–Trinajstić information content (AvgIpc) is 3.60. The van der Waals surface area contributed by atoms with Gasteiger partial charge in [0.05, 0.1) is 12.5 Å². The molecule has 4 rings (SSSR count). The summed E-state index contributed by atoms with van der Waals surface area (Å²) in [4.78, 5) is 67.4. The van der Waals surface area contributed by atoms with Crippen LogP contribution in [0.4, 0.5) is 0 Å². The van der Waals surface area contributed by atoms with E-state index in [1.165, 1.54) is 4.90 Å². The van der Waals surface area contributed by atoms with Crippen molar-refractivity contribution in [2.75, 3.05) is 6.54 Å². The van der Waals surface area contributed by atoms with Gasteiger partial charge in [-0.15, -0.1) is 0 Å². The molecule has 2 aromatic carbocycles. The lowest BCUT2D eigenvalue weighted by Gasteiger charge is -2.28. The molecule has 1 aromatic heterocycles. The van der Waals surface area contributed by atoms with Crippen LogP contribution in [0, 0.1) is 0 Å². The van der Waals surface area contributed by atoms with Crippen molar-refractivity contribution >= 4 is 40.6 Å². The van der Waals surface area contributed by atoms with Gasteiger partial charge >= 0.3 is 11.9 Å². The Morgan fingerprint density at radius 1 is 0.951 bits per heavy atom. The molecule has 41 heavy (non-hydrogen) atoms. The molecule has 0 saturated carbocycles. The molecular weight excluding hydrogens is 530 g/mol. The van der Waals surface area contributed by atoms with Gasteiger partial charge in [-0.05, 0) is 36.5 Å². The van der Waals surface area contributed by atoms with E-state index >= 15 is 0 Å². The number of nitrogens with one attached hydrogen (secondary N) is 3. The highest BCUT2D eigenvalue weighted by atomic mass is 16.4. The number of nitrogens with two attached hydrogens (primary N) is 1. The first kappa shape index (κ1) is 29.3. The third-order valence-corrected chi connectivity index (χ3v) is 7.18. The molecule has 1 fully saturated rings. The maximum Gasteiger partial charge on any atom is 0.326 e. The zero-order valence-electron chi connectivity index (χ0n) is 22.3. The van der Waals surface area contributed by atoms with Gasteiger partial charge in [0, 0.05) is 30.1 Å². The van der Waals surface area contributed by atoms with Crippen LogP contribution >= 0.6 is 0 Å². The zero-order chi connectivity index (χ0) is 29.5. The Morgan fingerprint density at radius 2 is 1.66 bits per heavy atom. The van der Waals surface area contributed by atoms with Crippen molar-refractivity contribution in [1.82, 2.24) is 20.5 Å². The van der Waals surface area contributed by atoms with Gasteiger partial charge in [0.1, 0.15) is 18.1 Å². The summed E-state index contributed by atoms with van der Waals surface area (Å²) in [6, 6.07) is 11.7. The van der Waals surface area contributed by atoms with E-state index in [9.17, 15) is 34.2 Å². The fourth-order valence-electron chi connectivity index (χ4n) is 5.12. The molecule has 216 valence electrons. The van der Waals surface area contributed by atoms with Gasteiger partial charge in [0.25, 0.3) is 0 Å². The van der Waals surface area contributed by atoms with Crippen LogP contribution in [0.15, 0.2) is 60.8 Å². The van der Waals surface area contributed by atoms with Crippen molar-refractivity contribution in [3.8, 4) is 0 Å². The summed E-state index contributed by atoms with van der Waals surface area (Å²) in [7, 11) is 0. The predicted molar refractivity (Wildman–Crippen MR) is 149 cm³/mol. The smallest absolute Gasteiger partial charge is 0.326 e. The summed E-state index contributed by atoms with van der Waals surface area (Å²) in [5, 5.41) is 24.8. The standard InChI is InChI=1S/C29H33N5O7/c30-20(13-17-7-2-1-3-8-17)28(39)34-12-6-11-24(34)27(38)32-22(15-25(35)36)26(37)33-23(29(40)41)14-18-16-31-21-10-5-4-9-19(18)21/h1-5,7-10,16,20,22-24,31H,6,11-15,30H2,(H,32,38)(H,33,37)(H,35,36)(H,40,41). The second kappa shape index (κ2) is 13.1. The Bertz CT molecular complexity index is 1420. The lowest BCUT2D eigenvalue weighted by Crippen LogP contribution is -2.57. The molecule has 4 atom stereocenters. The second-order valence-corrected chi connectivity index (χ2v) is 10.1. The van der Waals surface area contributed by atoms with Crippen LogP contribution < -0.4 is 16.4 Å². The fourth-order valence-corrected chi connectivity index (χ4v) is 5.12. The Kier molecular flexibility index (Phi) is 9.35. The van der Waals surface area contributed by atoms with Crippen LogP contribution in [0.25, 0.3) is 10.9 Å². The quantitative estimate of drug-likeness (QED) is 0.186. The van der Waals surface area contributed by atoms with Gasteiger partial charge in [-0.2, -0.15) is 0 Å². The van der Waals surface area contributed by atoms with Crippen LogP contribution in [-0.4, -0.2) is 80.5 Å². The first-order chi connectivity index (χ1) is 19.6. The van der Waals surface area contributed by atoms with Crippen molar-refractivity contribution in [3.05, 3.63) is 71.9 Å². The number of carbonyl (C=O) groups excluding carboxylic acids is 3. The normalized spacial score (nSPS) is 17.0. The van der Waals surface area contributed by atoms with E-state index in [0.29, 0.717) is 24.9 Å². The van der Waals surface area contributed by atoms with E-state index in [1.807, 2.05) is 48.5 Å². The second-order valence-electron chi connectivity index (χ2n) is 10.1. The van der Waals surface area contributed by atoms with Gasteiger partial charge in [0.15, 0.2) is 0 Å². The number of aromatic nitrogens is 1. The number of amides is 3. The van der Waals surface area contributed by atoms with Crippen molar-refractivity contribution in [2.45, 2.75) is 56.3 Å². The summed E-state index contributed by atoms with van der Waals surface area (Å²) < 4.78 is 0. The van der Waals surface area contributed by atoms with Gasteiger partial charge < -0.3 is 36.5 Å². The summed E-state index contributed by atoms with van der Waals surface area (Å²) in [5.74, 6) is -4.75. The maximum absolute atomic E-state index is 13.2. The minimum atomic E-state index is -1.56. The molecule has 3 amide bonds. The minimum absolute atomic E-state index is 0.0664. The molecule has 0 spiro atoms. The predicted octanol–water partition coefficient (Wildman–Crippen LogP) is 0.800. The first-order valence-electron chi connectivity index (χ1n) is 13.3. The summed E-state index contributed by atoms with van der Waals surface area (Å²) >= 11 is 0. The topological polar surface area (TPSA) is 195 Å². The number of aliphatic carboxylic acids is 2. The largest absolute Gasteiger partial charge is 0.481 e. The Labute approximate surface area is 235 Å². The summed E-state index contributed by atoms with van der Waals surface area (Å²) in [6.07, 6.45) is 1.94. The van der Waals surface area contributed by atoms with Crippen LogP contribution in [-0.2, 0) is 36.8 Å². The number of carboxylic acid groups (broad SMARTS) is 2. The number of benzene rings is 2. The number of para-hydroxylation sites is 1. The van der Waals surface area contributed by atoms with Crippen molar-refractivity contribution in [3.63, 3.8) is 0 Å². The SMILES string of the molecule is NC(Cc1ccccc1)C(=O)N1CCCC1C(=O)NC(CC(=O)O)C(=O)NC(Cc1c[nH]c2ccccc12)C(=O)O. The number of hydrogen-bond donors (Lipinski definition) is 6. The number of rotatable bonds is 12. The number of H-pyrrole nitrogens is 1. The van der Waals surface area contributed by atoms with Crippen LogP contribution in [0.5, 0.6) is 0 Å². The van der Waals surface area contributed by atoms with Crippen LogP contribution in [0.3, 0.4) is 0 Å². The number of aromatic amines is 1. The van der Waals surface area contributed by atoms with E-state index in [4.69, 9.17) is 5.73 Å². The molecule has 12 heteroatoms. The molecule has 7 N–H and O–H groups in total.